The summed E-state index contributed by atoms with van der Waals surface area (Å²) in [5, 5.41) is 14.0. The molecule has 0 bridgehead atoms. The number of hydrogen-bond acceptors (Lipinski definition) is 5. The van der Waals surface area contributed by atoms with Crippen molar-refractivity contribution in [3.05, 3.63) is 54.1 Å². The monoisotopic (exact) mass is 427 g/mol. The molecule has 1 amide bonds. The van der Waals surface area contributed by atoms with Gasteiger partial charge in [-0.15, -0.1) is 0 Å². The van der Waals surface area contributed by atoms with Crippen LogP contribution in [-0.4, -0.2) is 26.8 Å². The minimum atomic E-state index is -3.70. The predicted molar refractivity (Wildman–Crippen MR) is 110 cm³/mol. The molecule has 158 valence electrons. The average Bonchev–Trinajstić information content (AvgIpc) is 3.19. The van der Waals surface area contributed by atoms with Crippen molar-refractivity contribution in [1.29, 1.82) is 0 Å². The van der Waals surface area contributed by atoms with Gasteiger partial charge in [-0.1, -0.05) is 31.0 Å². The van der Waals surface area contributed by atoms with E-state index in [1.165, 1.54) is 28.6 Å². The lowest BCUT2D eigenvalue weighted by Crippen LogP contribution is -2.42. The van der Waals surface area contributed by atoms with Crippen molar-refractivity contribution in [2.24, 2.45) is 11.8 Å². The third-order valence-electron chi connectivity index (χ3n) is 5.96. The number of carboxylic acids is 1. The third kappa shape index (κ3) is 3.79. The Labute approximate surface area is 175 Å². The van der Waals surface area contributed by atoms with E-state index in [1.54, 1.807) is 6.07 Å². The number of para-hydroxylation sites is 1. The summed E-state index contributed by atoms with van der Waals surface area (Å²) in [4.78, 5) is 24.1. The molecule has 1 fully saturated rings. The first-order valence-corrected chi connectivity index (χ1v) is 11.5. The van der Waals surface area contributed by atoms with E-state index < -0.39 is 27.8 Å². The zero-order valence-electron chi connectivity index (χ0n) is 16.4. The fourth-order valence-corrected chi connectivity index (χ4v) is 5.86. The van der Waals surface area contributed by atoms with E-state index in [2.05, 4.69) is 5.32 Å². The predicted octanol–water partition coefficient (Wildman–Crippen LogP) is 1.93. The van der Waals surface area contributed by atoms with E-state index in [1.807, 2.05) is 18.2 Å². The van der Waals surface area contributed by atoms with Gasteiger partial charge in [0.2, 0.25) is 5.91 Å². The smallest absolute Gasteiger partial charge is 0.264 e. The van der Waals surface area contributed by atoms with Crippen LogP contribution in [0.25, 0.3) is 0 Å². The van der Waals surface area contributed by atoms with Gasteiger partial charge in [0.05, 0.1) is 10.6 Å². The number of anilines is 2. The molecular weight excluding hydrogens is 404 g/mol. The summed E-state index contributed by atoms with van der Waals surface area (Å²) in [7, 11) is -3.70. The Morgan fingerprint density at radius 1 is 0.967 bits per heavy atom. The molecule has 0 unspecified atom stereocenters. The second-order valence-electron chi connectivity index (χ2n) is 7.79. The summed E-state index contributed by atoms with van der Waals surface area (Å²) in [6.45, 7) is 0.395. The molecule has 0 aromatic heterocycles. The highest BCUT2D eigenvalue weighted by Crippen LogP contribution is 2.33. The van der Waals surface area contributed by atoms with E-state index in [-0.39, 0.29) is 10.8 Å². The van der Waals surface area contributed by atoms with E-state index in [0.717, 1.165) is 18.4 Å². The Hall–Kier alpha value is -2.87. The number of benzene rings is 2. The zero-order chi connectivity index (χ0) is 21.3. The topological polar surface area (TPSA) is 107 Å². The Morgan fingerprint density at radius 3 is 2.33 bits per heavy atom. The molecule has 0 radical (unpaired) electrons. The number of aliphatic carboxylic acids is 1. The van der Waals surface area contributed by atoms with Crippen molar-refractivity contribution in [3.63, 3.8) is 0 Å². The lowest BCUT2D eigenvalue weighted by atomic mass is 9.78. The number of carboxylic acid groups (broad SMARTS) is 1. The number of rotatable bonds is 5. The van der Waals surface area contributed by atoms with Crippen LogP contribution in [0.5, 0.6) is 0 Å². The number of carbonyl (C=O) groups excluding carboxylic acids is 2. The molecule has 0 spiro atoms. The largest absolute Gasteiger partial charge is 0.550 e. The molecule has 1 N–H and O–H groups in total. The summed E-state index contributed by atoms with van der Waals surface area (Å²) < 4.78 is 27.5. The van der Waals surface area contributed by atoms with Crippen LogP contribution in [0.3, 0.4) is 0 Å². The highest BCUT2D eigenvalue weighted by Gasteiger charge is 2.32. The lowest BCUT2D eigenvalue weighted by molar-refractivity contribution is -0.313. The molecular formula is C22H23N2O5S-. The SMILES string of the molecule is O=C([O-])[C@H]1CCCC[C@@H]1C(=O)Nc1ccc(S(=O)(=O)N2CCc3ccccc32)cc1. The Bertz CT molecular complexity index is 1070. The Kier molecular flexibility index (Phi) is 5.51. The molecule has 2 atom stereocenters. The van der Waals surface area contributed by atoms with Gasteiger partial charge in [-0.05, 0) is 55.2 Å². The van der Waals surface area contributed by atoms with Crippen molar-refractivity contribution < 1.29 is 23.1 Å². The fourth-order valence-electron chi connectivity index (χ4n) is 4.36. The van der Waals surface area contributed by atoms with Gasteiger partial charge in [0.1, 0.15) is 0 Å². The maximum absolute atomic E-state index is 13.1. The van der Waals surface area contributed by atoms with Gasteiger partial charge >= 0.3 is 0 Å². The van der Waals surface area contributed by atoms with E-state index in [4.69, 9.17) is 0 Å². The fraction of sp³-hybridized carbons (Fsp3) is 0.364. The lowest BCUT2D eigenvalue weighted by Gasteiger charge is -2.31. The number of carbonyl (C=O) groups is 2. The van der Waals surface area contributed by atoms with Crippen molar-refractivity contribution in [1.82, 2.24) is 0 Å². The zero-order valence-corrected chi connectivity index (χ0v) is 17.2. The first-order chi connectivity index (χ1) is 14.4. The molecule has 4 rings (SSSR count). The van der Waals surface area contributed by atoms with Gasteiger partial charge in [-0.3, -0.25) is 9.10 Å². The van der Waals surface area contributed by atoms with E-state index >= 15 is 0 Å². The number of fused-ring (bicyclic) bond motifs is 1. The highest BCUT2D eigenvalue weighted by molar-refractivity contribution is 7.92. The van der Waals surface area contributed by atoms with Crippen LogP contribution in [0, 0.1) is 11.8 Å². The molecule has 1 heterocycles. The minimum Gasteiger partial charge on any atom is -0.550 e. The third-order valence-corrected chi connectivity index (χ3v) is 7.79. The normalized spacial score (nSPS) is 21.1. The maximum atomic E-state index is 13.1. The molecule has 2 aliphatic rings. The molecule has 7 nitrogen and oxygen atoms in total. The summed E-state index contributed by atoms with van der Waals surface area (Å²) in [6, 6.07) is 13.4. The molecule has 30 heavy (non-hydrogen) atoms. The molecule has 2 aromatic rings. The second-order valence-corrected chi connectivity index (χ2v) is 9.65. The maximum Gasteiger partial charge on any atom is 0.264 e. The first kappa shape index (κ1) is 20.4. The number of nitrogens with zero attached hydrogens (tertiary/aromatic N) is 1. The Balaban J connectivity index is 1.49. The number of nitrogens with one attached hydrogen (secondary N) is 1. The van der Waals surface area contributed by atoms with E-state index in [0.29, 0.717) is 37.2 Å². The van der Waals surface area contributed by atoms with Gasteiger partial charge < -0.3 is 15.2 Å². The molecule has 1 aliphatic heterocycles. The highest BCUT2D eigenvalue weighted by atomic mass is 32.2. The second kappa shape index (κ2) is 8.10. The number of hydrogen-bond donors (Lipinski definition) is 1. The summed E-state index contributed by atoms with van der Waals surface area (Å²) in [6.07, 6.45) is 3.19. The van der Waals surface area contributed by atoms with Crippen molar-refractivity contribution >= 4 is 33.3 Å². The van der Waals surface area contributed by atoms with E-state index in [9.17, 15) is 23.1 Å². The van der Waals surface area contributed by atoms with Crippen LogP contribution in [0.15, 0.2) is 53.4 Å². The van der Waals surface area contributed by atoms with Gasteiger partial charge in [0.15, 0.2) is 0 Å². The minimum absolute atomic E-state index is 0.141. The Morgan fingerprint density at radius 2 is 1.63 bits per heavy atom. The van der Waals surface area contributed by atoms with Gasteiger partial charge in [0.25, 0.3) is 10.0 Å². The van der Waals surface area contributed by atoms with Crippen LogP contribution in [0.4, 0.5) is 11.4 Å². The average molecular weight is 428 g/mol. The van der Waals surface area contributed by atoms with Crippen LogP contribution >= 0.6 is 0 Å². The number of amides is 1. The van der Waals surface area contributed by atoms with Gasteiger partial charge in [-0.2, -0.15) is 0 Å². The standard InChI is InChI=1S/C22H24N2O5S/c25-21(18-6-2-3-7-19(18)22(26)27)23-16-9-11-17(12-10-16)30(28,29)24-14-13-15-5-1-4-8-20(15)24/h1,4-5,8-12,18-19H,2-3,6-7,13-14H2,(H,23,25)(H,26,27)/p-1/t18-,19-/m0/s1. The first-order valence-electron chi connectivity index (χ1n) is 10.1. The van der Waals surface area contributed by atoms with Gasteiger partial charge in [0, 0.05) is 30.0 Å². The van der Waals surface area contributed by atoms with Crippen molar-refractivity contribution in [2.45, 2.75) is 37.0 Å². The number of sulfonamides is 1. The summed E-state index contributed by atoms with van der Waals surface area (Å²) >= 11 is 0. The van der Waals surface area contributed by atoms with Crippen molar-refractivity contribution in [2.75, 3.05) is 16.2 Å². The molecule has 1 saturated carbocycles. The molecule has 2 aromatic carbocycles. The molecule has 0 saturated heterocycles. The molecule has 1 aliphatic carbocycles. The summed E-state index contributed by atoms with van der Waals surface area (Å²) in [5.74, 6) is -2.97. The summed E-state index contributed by atoms with van der Waals surface area (Å²) in [5.41, 5.74) is 2.13. The quantitative estimate of drug-likeness (QED) is 0.785. The van der Waals surface area contributed by atoms with Crippen LogP contribution in [-0.2, 0) is 26.0 Å². The van der Waals surface area contributed by atoms with Crippen LogP contribution < -0.4 is 14.7 Å². The van der Waals surface area contributed by atoms with Gasteiger partial charge in [-0.25, -0.2) is 8.42 Å². The van der Waals surface area contributed by atoms with Crippen LogP contribution in [0.2, 0.25) is 0 Å². The molecule has 8 heteroatoms. The van der Waals surface area contributed by atoms with Crippen LogP contribution in [0.1, 0.15) is 31.2 Å². The van der Waals surface area contributed by atoms with Crippen molar-refractivity contribution in [3.8, 4) is 0 Å².